The number of Topliss-reactive ketones (excluding diaryl/α,β-unsaturated/α-hetero) is 1. The minimum absolute atomic E-state index is 0.0765. The van der Waals surface area contributed by atoms with Crippen molar-refractivity contribution in [3.05, 3.63) is 35.9 Å². The van der Waals surface area contributed by atoms with E-state index in [9.17, 15) is 24.6 Å². The third-order valence-electron chi connectivity index (χ3n) is 12.9. The molecule has 59 heavy (non-hydrogen) atoms. The van der Waals surface area contributed by atoms with E-state index in [1.165, 1.54) is 20.8 Å². The van der Waals surface area contributed by atoms with Gasteiger partial charge in [-0.2, -0.15) is 0 Å². The summed E-state index contributed by atoms with van der Waals surface area (Å²) in [6.45, 7) is 20.4. The van der Waals surface area contributed by atoms with Crippen LogP contribution in [0.2, 0.25) is 0 Å². The Labute approximate surface area is 350 Å². The summed E-state index contributed by atoms with van der Waals surface area (Å²) in [6.07, 6.45) is -4.34. The maximum Gasteiger partial charge on any atom is 0.351 e. The molecule has 3 heterocycles. The maximum atomic E-state index is 17.0. The number of carbonyl (C=O) groups excluding carboxylic acids is 3. The molecule has 332 valence electrons. The Morgan fingerprint density at radius 2 is 1.71 bits per heavy atom. The molecule has 3 aliphatic heterocycles. The lowest BCUT2D eigenvalue weighted by molar-refractivity contribution is -0.299. The van der Waals surface area contributed by atoms with Crippen molar-refractivity contribution < 1.29 is 52.8 Å². The summed E-state index contributed by atoms with van der Waals surface area (Å²) in [4.78, 5) is 53.8. The molecule has 0 radical (unpaired) electrons. The highest BCUT2D eigenvalue weighted by Gasteiger charge is 2.56. The van der Waals surface area contributed by atoms with Crippen LogP contribution in [0.3, 0.4) is 0 Å². The summed E-state index contributed by atoms with van der Waals surface area (Å²) in [5.41, 5.74) is -4.98. The predicted molar refractivity (Wildman–Crippen MR) is 222 cm³/mol. The van der Waals surface area contributed by atoms with Crippen LogP contribution < -0.4 is 0 Å². The van der Waals surface area contributed by atoms with Crippen molar-refractivity contribution in [1.29, 1.82) is 0 Å². The first-order valence-corrected chi connectivity index (χ1v) is 21.2. The topological polar surface area (TPSA) is 166 Å². The number of halogens is 1. The summed E-state index contributed by atoms with van der Waals surface area (Å²) >= 11 is 0. The number of benzene rings is 1. The van der Waals surface area contributed by atoms with Crippen LogP contribution in [0.1, 0.15) is 121 Å². The van der Waals surface area contributed by atoms with Gasteiger partial charge < -0.3 is 34.0 Å². The first-order valence-electron chi connectivity index (χ1n) is 21.2. The molecule has 1 amide bonds. The molecule has 14 heteroatoms. The molecule has 0 aliphatic carbocycles. The molecule has 3 fully saturated rings. The average molecular weight is 832 g/mol. The highest BCUT2D eigenvalue weighted by atomic mass is 19.1. The lowest BCUT2D eigenvalue weighted by Crippen LogP contribution is -2.62. The van der Waals surface area contributed by atoms with Crippen molar-refractivity contribution in [2.45, 2.75) is 181 Å². The first-order chi connectivity index (χ1) is 27.3. The molecule has 1 aromatic rings. The molecule has 2 bridgehead atoms. The number of hydrogen-bond donors (Lipinski definition) is 2. The van der Waals surface area contributed by atoms with Crippen LogP contribution in [-0.2, 0) is 44.8 Å². The van der Waals surface area contributed by atoms with Crippen molar-refractivity contribution >= 4 is 29.1 Å². The standard InChI is InChI=1S/C45H70FN3O10/c1-14-35-45(12,54)33-21-20-32(48-56-24-31-18-16-15-17-19-31)25-55-43(10,23-26(2)36(28(33)4)47-30(6)50)39(29(5)38(52)44(11,46)41(53)58-35)59-40-37(51)34(22-27(3)57-40)49(13)42(7,8)9/h15-19,26-29,33-35,37,39-40,51,54H,14,20-25H2,1-13H3/b47-36+,48-32+/t26-,27-,28-,29+,33-,34+,35-,37-,39-,40+,43-,44+,45+/m1/s1. The minimum Gasteiger partial charge on any atom is -0.457 e. The molecule has 3 aliphatic rings. The quantitative estimate of drug-likeness (QED) is 0.178. The minimum atomic E-state index is -3.17. The van der Waals surface area contributed by atoms with Crippen molar-refractivity contribution in [3.8, 4) is 0 Å². The van der Waals surface area contributed by atoms with E-state index in [0.717, 1.165) is 12.5 Å². The normalized spacial score (nSPS) is 39.6. The van der Waals surface area contributed by atoms with Crippen LogP contribution >= 0.6 is 0 Å². The Morgan fingerprint density at radius 3 is 2.31 bits per heavy atom. The van der Waals surface area contributed by atoms with Gasteiger partial charge in [0.05, 0.1) is 30.1 Å². The van der Waals surface area contributed by atoms with Crippen LogP contribution in [0, 0.1) is 23.7 Å². The molecule has 13 nitrogen and oxygen atoms in total. The van der Waals surface area contributed by atoms with Crippen LogP contribution in [0.5, 0.6) is 0 Å². The second kappa shape index (κ2) is 19.3. The molecule has 3 saturated heterocycles. The van der Waals surface area contributed by atoms with E-state index in [0.29, 0.717) is 17.8 Å². The van der Waals surface area contributed by atoms with Crippen molar-refractivity contribution in [2.75, 3.05) is 13.7 Å². The monoisotopic (exact) mass is 832 g/mol. The Balaban J connectivity index is 1.97. The molecule has 0 saturated carbocycles. The van der Waals surface area contributed by atoms with Gasteiger partial charge in [0.25, 0.3) is 5.67 Å². The average Bonchev–Trinajstić information content (AvgIpc) is 3.17. The highest BCUT2D eigenvalue weighted by molar-refractivity contribution is 6.08. The molecule has 4 rings (SSSR count). The SMILES string of the molecule is CC[C@H]1OC(=O)[C@@](C)(F)C(=O)[C@H](C)[C@@H](O[C@@H]2O[C@H](C)C[C@H](N(C)C(C)(C)C)[C@H]2O)[C@@]2(C)C[C@@H](C)/C(=N\C(C)=O)[C@H](C)[C@@H](CC/C(=N\OCc3ccccc3)CO2)[C@]1(C)O. The van der Waals surface area contributed by atoms with Gasteiger partial charge >= 0.3 is 5.97 Å². The second-order valence-corrected chi connectivity index (χ2v) is 18.7. The number of hydrogen-bond acceptors (Lipinski definition) is 12. The number of aliphatic imine (C=N–C) groups is 1. The van der Waals surface area contributed by atoms with Gasteiger partial charge in [-0.05, 0) is 105 Å². The van der Waals surface area contributed by atoms with Gasteiger partial charge in [-0.25, -0.2) is 14.2 Å². The van der Waals surface area contributed by atoms with Gasteiger partial charge in [-0.1, -0.05) is 63.2 Å². The molecule has 1 aromatic carbocycles. The third-order valence-corrected chi connectivity index (χ3v) is 12.9. The number of ketones is 1. The van der Waals surface area contributed by atoms with Crippen LogP contribution in [-0.4, -0.2) is 117 Å². The third kappa shape index (κ3) is 11.2. The van der Waals surface area contributed by atoms with Gasteiger partial charge in [-0.15, -0.1) is 0 Å². The number of alkyl halides is 1. The number of ether oxygens (including phenoxy) is 4. The van der Waals surface area contributed by atoms with Crippen molar-refractivity contribution in [2.24, 2.45) is 33.8 Å². The smallest absolute Gasteiger partial charge is 0.351 e. The van der Waals surface area contributed by atoms with E-state index in [2.05, 4.69) is 15.0 Å². The Morgan fingerprint density at radius 1 is 1.07 bits per heavy atom. The molecule has 0 unspecified atom stereocenters. The number of amides is 1. The predicted octanol–water partition coefficient (Wildman–Crippen LogP) is 6.39. The van der Waals surface area contributed by atoms with Crippen molar-refractivity contribution in [3.63, 3.8) is 0 Å². The molecule has 0 spiro atoms. The maximum absolute atomic E-state index is 17.0. The number of oxime groups is 1. The number of aliphatic hydroxyl groups excluding tert-OH is 1. The van der Waals surface area contributed by atoms with E-state index in [-0.39, 0.29) is 50.5 Å². The number of aliphatic hydroxyl groups is 2. The van der Waals surface area contributed by atoms with Crippen LogP contribution in [0.15, 0.2) is 40.5 Å². The Hall–Kier alpha value is -3.14. The number of cyclic esters (lactones) is 1. The molecule has 2 N–H and O–H groups in total. The second-order valence-electron chi connectivity index (χ2n) is 18.7. The van der Waals surface area contributed by atoms with Gasteiger partial charge in [0.15, 0.2) is 12.1 Å². The zero-order chi connectivity index (χ0) is 44.2. The summed E-state index contributed by atoms with van der Waals surface area (Å²) in [5.74, 6) is -6.26. The Bertz CT molecular complexity index is 1680. The summed E-state index contributed by atoms with van der Waals surface area (Å²) in [7, 11) is 1.92. The fourth-order valence-electron chi connectivity index (χ4n) is 9.27. The van der Waals surface area contributed by atoms with Crippen LogP contribution in [0.25, 0.3) is 0 Å². The van der Waals surface area contributed by atoms with E-state index in [4.69, 9.17) is 23.8 Å². The van der Waals surface area contributed by atoms with Gasteiger partial charge in [-0.3, -0.25) is 14.5 Å². The lowest BCUT2D eigenvalue weighted by atomic mass is 9.68. The van der Waals surface area contributed by atoms with E-state index in [1.54, 1.807) is 13.8 Å². The van der Waals surface area contributed by atoms with Crippen molar-refractivity contribution in [1.82, 2.24) is 4.90 Å². The van der Waals surface area contributed by atoms with E-state index >= 15 is 4.39 Å². The number of nitrogens with zero attached hydrogens (tertiary/aromatic N) is 3. The summed E-state index contributed by atoms with van der Waals surface area (Å²) in [6, 6.07) is 9.11. The number of likely N-dealkylation sites (N-methyl/N-ethyl adjacent to an activating group) is 1. The van der Waals surface area contributed by atoms with Gasteiger partial charge in [0.2, 0.25) is 5.91 Å². The molecular weight excluding hydrogens is 762 g/mol. The first kappa shape index (κ1) is 48.5. The highest BCUT2D eigenvalue weighted by Crippen LogP contribution is 2.43. The van der Waals surface area contributed by atoms with E-state index in [1.807, 2.05) is 78.9 Å². The zero-order valence-electron chi connectivity index (χ0n) is 37.5. The molecule has 13 atom stereocenters. The fraction of sp³-hybridized carbons (Fsp3) is 0.756. The molecular formula is C45H70FN3O10. The fourth-order valence-corrected chi connectivity index (χ4v) is 9.27. The Kier molecular flexibility index (Phi) is 15.9. The summed E-state index contributed by atoms with van der Waals surface area (Å²) < 4.78 is 42.7. The zero-order valence-corrected chi connectivity index (χ0v) is 37.5. The number of fused-ring (bicyclic) bond motifs is 5. The van der Waals surface area contributed by atoms with Gasteiger partial charge in [0, 0.05) is 36.1 Å². The number of carbonyl (C=O) groups is 3. The number of rotatable bonds is 7. The lowest BCUT2D eigenvalue weighted by Gasteiger charge is -2.49. The molecule has 0 aromatic heterocycles. The largest absolute Gasteiger partial charge is 0.457 e. The number of esters is 1. The van der Waals surface area contributed by atoms with Gasteiger partial charge in [0.1, 0.15) is 24.4 Å². The summed E-state index contributed by atoms with van der Waals surface area (Å²) in [5, 5.41) is 29.0. The van der Waals surface area contributed by atoms with Crippen LogP contribution in [0.4, 0.5) is 4.39 Å². The van der Waals surface area contributed by atoms with E-state index < -0.39 is 88.8 Å².